The first-order valence-electron chi connectivity index (χ1n) is 4.71. The summed E-state index contributed by atoms with van der Waals surface area (Å²) >= 11 is 3.29. The molecule has 0 atom stereocenters. The van der Waals surface area contributed by atoms with Crippen molar-refractivity contribution < 1.29 is 4.79 Å². The number of amides is 1. The Morgan fingerprint density at radius 1 is 1.56 bits per heavy atom. The highest BCUT2D eigenvalue weighted by Crippen LogP contribution is 2.19. The third-order valence-corrected chi connectivity index (χ3v) is 2.54. The summed E-state index contributed by atoms with van der Waals surface area (Å²) in [6.45, 7) is 3.50. The molecule has 1 aromatic carbocycles. The highest BCUT2D eigenvalue weighted by atomic mass is 79.9. The lowest BCUT2D eigenvalue weighted by Crippen LogP contribution is -2.42. The van der Waals surface area contributed by atoms with E-state index >= 15 is 0 Å². The molecule has 0 bridgehead atoms. The van der Waals surface area contributed by atoms with E-state index in [-0.39, 0.29) is 5.91 Å². The number of carbonyl (C=O) groups is 1. The number of rotatable bonds is 2. The fourth-order valence-corrected chi connectivity index (χ4v) is 1.47. The summed E-state index contributed by atoms with van der Waals surface area (Å²) in [5, 5.41) is 2.71. The number of hydrogen-bond acceptors (Lipinski definition) is 2. The molecule has 0 radical (unpaired) electrons. The first-order chi connectivity index (χ1) is 7.35. The second kappa shape index (κ2) is 4.58. The normalized spacial score (nSPS) is 10.6. The number of benzene rings is 1. The molecular weight excluding hydrogens is 268 g/mol. The summed E-state index contributed by atoms with van der Waals surface area (Å²) in [5.41, 5.74) is 5.87. The van der Waals surface area contributed by atoms with Crippen molar-refractivity contribution in [3.63, 3.8) is 0 Å². The lowest BCUT2D eigenvalue weighted by atomic mass is 10.1. The molecule has 3 N–H and O–H groups in total. The number of terminal acetylenes is 1. The molecular formula is C12H13BrN2O. The fourth-order valence-electron chi connectivity index (χ4n) is 1.11. The molecule has 0 aliphatic heterocycles. The molecule has 16 heavy (non-hydrogen) atoms. The number of carbonyl (C=O) groups excluding carboxylic acids is 1. The van der Waals surface area contributed by atoms with E-state index in [1.54, 1.807) is 32.0 Å². The summed E-state index contributed by atoms with van der Waals surface area (Å²) in [5.74, 6) is 2.22. The third-order valence-electron chi connectivity index (χ3n) is 2.05. The van der Waals surface area contributed by atoms with Gasteiger partial charge < -0.3 is 11.1 Å². The second-order valence-electron chi connectivity index (χ2n) is 3.96. The molecule has 1 rings (SSSR count). The Kier molecular flexibility index (Phi) is 3.61. The average molecular weight is 281 g/mol. The van der Waals surface area contributed by atoms with Gasteiger partial charge in [-0.3, -0.25) is 4.79 Å². The molecule has 0 saturated heterocycles. The number of anilines is 1. The van der Waals surface area contributed by atoms with Crippen LogP contribution in [0.15, 0.2) is 22.7 Å². The number of nitrogen functional groups attached to an aromatic ring is 1. The Bertz CT molecular complexity index is 461. The molecule has 4 heteroatoms. The van der Waals surface area contributed by atoms with Crippen molar-refractivity contribution in [3.8, 4) is 12.3 Å². The van der Waals surface area contributed by atoms with E-state index in [1.165, 1.54) is 0 Å². The zero-order chi connectivity index (χ0) is 12.3. The quantitative estimate of drug-likeness (QED) is 0.645. The van der Waals surface area contributed by atoms with Gasteiger partial charge in [0, 0.05) is 10.2 Å². The maximum Gasteiger partial charge on any atom is 0.254 e. The van der Waals surface area contributed by atoms with E-state index < -0.39 is 5.54 Å². The Morgan fingerprint density at radius 3 is 2.75 bits per heavy atom. The van der Waals surface area contributed by atoms with E-state index in [1.807, 2.05) is 0 Å². The SMILES string of the molecule is C#CC(C)(C)NC(=O)c1cc(Br)ccc1N. The Morgan fingerprint density at radius 2 is 2.19 bits per heavy atom. The van der Waals surface area contributed by atoms with Crippen LogP contribution >= 0.6 is 15.9 Å². The van der Waals surface area contributed by atoms with Crippen LogP contribution < -0.4 is 11.1 Å². The molecule has 0 aliphatic rings. The molecule has 84 valence electrons. The van der Waals surface area contributed by atoms with Crippen LogP contribution in [-0.4, -0.2) is 11.4 Å². The van der Waals surface area contributed by atoms with Gasteiger partial charge in [0.2, 0.25) is 0 Å². The predicted molar refractivity (Wildman–Crippen MR) is 68.9 cm³/mol. The maximum atomic E-state index is 11.9. The lowest BCUT2D eigenvalue weighted by molar-refractivity contribution is 0.0930. The van der Waals surface area contributed by atoms with Gasteiger partial charge in [-0.15, -0.1) is 6.42 Å². The van der Waals surface area contributed by atoms with Crippen molar-refractivity contribution in [3.05, 3.63) is 28.2 Å². The van der Waals surface area contributed by atoms with E-state index in [9.17, 15) is 4.79 Å². The molecule has 0 unspecified atom stereocenters. The van der Waals surface area contributed by atoms with Crippen molar-refractivity contribution in [2.45, 2.75) is 19.4 Å². The topological polar surface area (TPSA) is 55.1 Å². The van der Waals surface area contributed by atoms with Crippen LogP contribution in [0.1, 0.15) is 24.2 Å². The van der Waals surface area contributed by atoms with Crippen LogP contribution in [-0.2, 0) is 0 Å². The first kappa shape index (κ1) is 12.6. The highest BCUT2D eigenvalue weighted by Gasteiger charge is 2.19. The maximum absolute atomic E-state index is 11.9. The van der Waals surface area contributed by atoms with Gasteiger partial charge in [0.15, 0.2) is 0 Å². The Hall–Kier alpha value is -1.47. The molecule has 0 heterocycles. The third kappa shape index (κ3) is 3.01. The van der Waals surface area contributed by atoms with Crippen LogP contribution in [0.2, 0.25) is 0 Å². The van der Waals surface area contributed by atoms with E-state index in [0.717, 1.165) is 4.47 Å². The number of halogens is 1. The van der Waals surface area contributed by atoms with Crippen LogP contribution in [0.5, 0.6) is 0 Å². The number of nitrogens with two attached hydrogens (primary N) is 1. The zero-order valence-electron chi connectivity index (χ0n) is 9.17. The van der Waals surface area contributed by atoms with Gasteiger partial charge in [0.1, 0.15) is 0 Å². The second-order valence-corrected chi connectivity index (χ2v) is 4.87. The predicted octanol–water partition coefficient (Wildman–Crippen LogP) is 2.17. The van der Waals surface area contributed by atoms with Crippen LogP contribution in [0.4, 0.5) is 5.69 Å². The smallest absolute Gasteiger partial charge is 0.254 e. The van der Waals surface area contributed by atoms with Gasteiger partial charge in [-0.05, 0) is 32.0 Å². The molecule has 0 saturated carbocycles. The van der Waals surface area contributed by atoms with Crippen molar-refractivity contribution in [1.82, 2.24) is 5.32 Å². The van der Waals surface area contributed by atoms with Crippen molar-refractivity contribution in [2.24, 2.45) is 0 Å². The summed E-state index contributed by atoms with van der Waals surface area (Å²) in [6.07, 6.45) is 5.30. The van der Waals surface area contributed by atoms with Crippen molar-refractivity contribution in [2.75, 3.05) is 5.73 Å². The van der Waals surface area contributed by atoms with Crippen LogP contribution in [0.3, 0.4) is 0 Å². The molecule has 0 fully saturated rings. The highest BCUT2D eigenvalue weighted by molar-refractivity contribution is 9.10. The monoisotopic (exact) mass is 280 g/mol. The molecule has 0 aromatic heterocycles. The number of hydrogen-bond donors (Lipinski definition) is 2. The van der Waals surface area contributed by atoms with Crippen LogP contribution in [0.25, 0.3) is 0 Å². The van der Waals surface area contributed by atoms with Crippen LogP contribution in [0, 0.1) is 12.3 Å². The fraction of sp³-hybridized carbons (Fsp3) is 0.250. The van der Waals surface area contributed by atoms with Gasteiger partial charge in [0.05, 0.1) is 11.1 Å². The molecule has 1 aromatic rings. The number of nitrogens with one attached hydrogen (secondary N) is 1. The van der Waals surface area contributed by atoms with Gasteiger partial charge >= 0.3 is 0 Å². The van der Waals surface area contributed by atoms with Gasteiger partial charge in [-0.25, -0.2) is 0 Å². The minimum absolute atomic E-state index is 0.276. The molecule has 1 amide bonds. The minimum Gasteiger partial charge on any atom is -0.398 e. The summed E-state index contributed by atoms with van der Waals surface area (Å²) < 4.78 is 0.797. The Balaban J connectivity index is 2.98. The van der Waals surface area contributed by atoms with Crippen molar-refractivity contribution >= 4 is 27.5 Å². The summed E-state index contributed by atoms with van der Waals surface area (Å²) in [7, 11) is 0. The average Bonchev–Trinajstić information content (AvgIpc) is 2.21. The standard InChI is InChI=1S/C12H13BrN2O/c1-4-12(2,3)15-11(16)9-7-8(13)5-6-10(9)14/h1,5-7H,14H2,2-3H3,(H,15,16). The van der Waals surface area contributed by atoms with Gasteiger partial charge in [0.25, 0.3) is 5.91 Å². The molecule has 0 aliphatic carbocycles. The summed E-state index contributed by atoms with van der Waals surface area (Å²) in [6, 6.07) is 5.11. The van der Waals surface area contributed by atoms with Crippen molar-refractivity contribution in [1.29, 1.82) is 0 Å². The first-order valence-corrected chi connectivity index (χ1v) is 5.50. The minimum atomic E-state index is -0.689. The summed E-state index contributed by atoms with van der Waals surface area (Å²) in [4.78, 5) is 11.9. The van der Waals surface area contributed by atoms with Gasteiger partial charge in [-0.1, -0.05) is 21.9 Å². The van der Waals surface area contributed by atoms with E-state index in [4.69, 9.17) is 12.2 Å². The lowest BCUT2D eigenvalue weighted by Gasteiger charge is -2.20. The molecule has 3 nitrogen and oxygen atoms in total. The van der Waals surface area contributed by atoms with Gasteiger partial charge in [-0.2, -0.15) is 0 Å². The van der Waals surface area contributed by atoms with E-state index in [0.29, 0.717) is 11.3 Å². The zero-order valence-corrected chi connectivity index (χ0v) is 10.8. The Labute approximate surface area is 104 Å². The largest absolute Gasteiger partial charge is 0.398 e. The van der Waals surface area contributed by atoms with E-state index in [2.05, 4.69) is 27.2 Å². The molecule has 0 spiro atoms.